The van der Waals surface area contributed by atoms with E-state index in [0.717, 1.165) is 28.1 Å². The summed E-state index contributed by atoms with van der Waals surface area (Å²) in [7, 11) is 0. The number of furan rings is 1. The Hall–Kier alpha value is -2.71. The summed E-state index contributed by atoms with van der Waals surface area (Å²) in [5.74, 6) is -0.239. The van der Waals surface area contributed by atoms with Gasteiger partial charge in [0.2, 0.25) is 0 Å². The van der Waals surface area contributed by atoms with Crippen LogP contribution >= 0.6 is 11.3 Å². The number of hydrogen-bond acceptors (Lipinski definition) is 6. The first-order valence-corrected chi connectivity index (χ1v) is 10.1. The fourth-order valence-corrected chi connectivity index (χ4v) is 4.41. The molecule has 0 unspecified atom stereocenters. The number of carbonyl (C=O) groups excluding carboxylic acids is 1. The van der Waals surface area contributed by atoms with Gasteiger partial charge in [0.25, 0.3) is 5.91 Å². The first-order valence-electron chi connectivity index (χ1n) is 9.26. The maximum absolute atomic E-state index is 12.5. The highest BCUT2D eigenvalue weighted by molar-refractivity contribution is 7.21. The average molecular weight is 399 g/mol. The summed E-state index contributed by atoms with van der Waals surface area (Å²) in [5, 5.41) is 12.7. The van der Waals surface area contributed by atoms with Crippen molar-refractivity contribution in [2.45, 2.75) is 31.8 Å². The van der Waals surface area contributed by atoms with E-state index >= 15 is 0 Å². The van der Waals surface area contributed by atoms with Crippen molar-refractivity contribution in [3.8, 4) is 10.8 Å². The first-order chi connectivity index (χ1) is 13.5. The van der Waals surface area contributed by atoms with E-state index in [0.29, 0.717) is 12.3 Å². The number of carboxylic acid groups (broad SMARTS) is 1. The molecule has 1 fully saturated rings. The third-order valence-electron chi connectivity index (χ3n) is 5.04. The number of carboxylic acids is 1. The number of thiazole rings is 1. The molecule has 0 saturated heterocycles. The fraction of sp³-hybridized carbons (Fsp3) is 0.350. The molecule has 0 radical (unpaired) electrons. The van der Waals surface area contributed by atoms with Crippen LogP contribution in [0.4, 0.5) is 0 Å². The highest BCUT2D eigenvalue weighted by atomic mass is 32.1. The van der Waals surface area contributed by atoms with Crippen molar-refractivity contribution in [1.29, 1.82) is 0 Å². The topological polar surface area (TPSA) is 95.7 Å². The monoisotopic (exact) mass is 399 g/mol. The molecule has 0 aliphatic heterocycles. The summed E-state index contributed by atoms with van der Waals surface area (Å²) in [6.45, 7) is 2.66. The lowest BCUT2D eigenvalue weighted by Gasteiger charge is -2.42. The van der Waals surface area contributed by atoms with Gasteiger partial charge in [-0.2, -0.15) is 0 Å². The zero-order chi connectivity index (χ0) is 19.7. The second-order valence-corrected chi connectivity index (χ2v) is 7.93. The van der Waals surface area contributed by atoms with Crippen LogP contribution in [-0.4, -0.2) is 52.0 Å². The average Bonchev–Trinajstić information content (AvgIpc) is 3.28. The van der Waals surface area contributed by atoms with Gasteiger partial charge in [0, 0.05) is 12.1 Å². The molecule has 2 N–H and O–H groups in total. The van der Waals surface area contributed by atoms with Crippen LogP contribution in [0.1, 0.15) is 30.3 Å². The zero-order valence-electron chi connectivity index (χ0n) is 15.4. The van der Waals surface area contributed by atoms with Crippen molar-refractivity contribution >= 4 is 33.4 Å². The Morgan fingerprint density at radius 3 is 2.79 bits per heavy atom. The normalized spacial score (nSPS) is 18.9. The molecule has 1 amide bonds. The number of rotatable bonds is 7. The molecule has 8 heteroatoms. The van der Waals surface area contributed by atoms with Gasteiger partial charge >= 0.3 is 5.97 Å². The quantitative estimate of drug-likeness (QED) is 0.633. The molecule has 3 aromatic rings. The molecule has 1 saturated carbocycles. The number of likely N-dealkylation sites (N-methyl/N-ethyl adjacent to an activating group) is 1. The van der Waals surface area contributed by atoms with Gasteiger partial charge in [0.15, 0.2) is 16.5 Å². The molecule has 0 atom stereocenters. The maximum Gasteiger partial charge on any atom is 0.317 e. The smallest absolute Gasteiger partial charge is 0.317 e. The SMILES string of the molecule is CCN(CC(=O)O)C1CC(NC(=O)c2ccc(-c3nc4ccccc4s3)o2)C1. The van der Waals surface area contributed by atoms with E-state index in [1.807, 2.05) is 36.1 Å². The van der Waals surface area contributed by atoms with E-state index in [9.17, 15) is 9.59 Å². The summed E-state index contributed by atoms with van der Waals surface area (Å²) >= 11 is 1.53. The molecule has 0 spiro atoms. The lowest BCUT2D eigenvalue weighted by atomic mass is 9.85. The van der Waals surface area contributed by atoms with Gasteiger partial charge in [-0.15, -0.1) is 11.3 Å². The van der Waals surface area contributed by atoms with Crippen LogP contribution in [-0.2, 0) is 4.79 Å². The predicted molar refractivity (Wildman–Crippen MR) is 106 cm³/mol. The standard InChI is InChI=1S/C20H21N3O4S/c1-2-23(11-18(24)25)13-9-12(10-13)21-19(26)15-7-8-16(27-15)20-22-14-5-3-4-6-17(14)28-20/h3-8,12-13H,2,9-11H2,1H3,(H,21,26)(H,24,25). The van der Waals surface area contributed by atoms with Gasteiger partial charge in [-0.05, 0) is 43.7 Å². The van der Waals surface area contributed by atoms with Crippen LogP contribution in [0.15, 0.2) is 40.8 Å². The van der Waals surface area contributed by atoms with Crippen molar-refractivity contribution in [2.75, 3.05) is 13.1 Å². The third-order valence-corrected chi connectivity index (χ3v) is 6.09. The lowest BCUT2D eigenvalue weighted by Crippen LogP contribution is -2.54. The van der Waals surface area contributed by atoms with E-state index in [-0.39, 0.29) is 30.3 Å². The number of aromatic nitrogens is 1. The Labute approximate surface area is 166 Å². The Bertz CT molecular complexity index is 973. The van der Waals surface area contributed by atoms with Crippen LogP contribution in [0.25, 0.3) is 21.0 Å². The number of nitrogens with one attached hydrogen (secondary N) is 1. The third kappa shape index (κ3) is 3.79. The Kier molecular flexibility index (Phi) is 5.15. The number of aliphatic carboxylic acids is 1. The molecule has 1 aliphatic carbocycles. The molecular formula is C20H21N3O4S. The molecule has 1 aliphatic rings. The summed E-state index contributed by atoms with van der Waals surface area (Å²) in [6, 6.07) is 11.5. The second-order valence-electron chi connectivity index (χ2n) is 6.90. The summed E-state index contributed by atoms with van der Waals surface area (Å²) in [5.41, 5.74) is 0.909. The number of carbonyl (C=O) groups is 2. The largest absolute Gasteiger partial charge is 0.480 e. The van der Waals surface area contributed by atoms with Gasteiger partial charge < -0.3 is 14.8 Å². The maximum atomic E-state index is 12.5. The number of nitrogens with zero attached hydrogens (tertiary/aromatic N) is 2. The minimum absolute atomic E-state index is 0.0333. The Morgan fingerprint density at radius 2 is 2.07 bits per heavy atom. The first kappa shape index (κ1) is 18.6. The number of amides is 1. The van der Waals surface area contributed by atoms with Crippen molar-refractivity contribution in [3.63, 3.8) is 0 Å². The highest BCUT2D eigenvalue weighted by Crippen LogP contribution is 2.31. The molecular weight excluding hydrogens is 378 g/mol. The van der Waals surface area contributed by atoms with E-state index in [2.05, 4.69) is 10.3 Å². The molecule has 2 aromatic heterocycles. The van der Waals surface area contributed by atoms with Gasteiger partial charge in [-0.3, -0.25) is 14.5 Å². The summed E-state index contributed by atoms with van der Waals surface area (Å²) < 4.78 is 6.80. The van der Waals surface area contributed by atoms with Gasteiger partial charge in [0.1, 0.15) is 0 Å². The van der Waals surface area contributed by atoms with Crippen LogP contribution in [0.2, 0.25) is 0 Å². The zero-order valence-corrected chi connectivity index (χ0v) is 16.2. The molecule has 4 rings (SSSR count). The van der Waals surface area contributed by atoms with E-state index in [1.165, 1.54) is 11.3 Å². The van der Waals surface area contributed by atoms with Crippen molar-refractivity contribution < 1.29 is 19.1 Å². The number of benzene rings is 1. The van der Waals surface area contributed by atoms with E-state index < -0.39 is 5.97 Å². The number of para-hydroxylation sites is 1. The van der Waals surface area contributed by atoms with Crippen molar-refractivity contribution in [3.05, 3.63) is 42.2 Å². The Morgan fingerprint density at radius 1 is 1.29 bits per heavy atom. The summed E-state index contributed by atoms with van der Waals surface area (Å²) in [4.78, 5) is 29.8. The van der Waals surface area contributed by atoms with Crippen molar-refractivity contribution in [2.24, 2.45) is 0 Å². The Balaban J connectivity index is 1.36. The van der Waals surface area contributed by atoms with Gasteiger partial charge in [0.05, 0.1) is 16.8 Å². The van der Waals surface area contributed by atoms with Gasteiger partial charge in [-0.1, -0.05) is 19.1 Å². The van der Waals surface area contributed by atoms with Crippen LogP contribution in [0.3, 0.4) is 0 Å². The van der Waals surface area contributed by atoms with Crippen LogP contribution < -0.4 is 5.32 Å². The summed E-state index contributed by atoms with van der Waals surface area (Å²) in [6.07, 6.45) is 1.50. The fourth-order valence-electron chi connectivity index (χ4n) is 3.49. The predicted octanol–water partition coefficient (Wildman–Crippen LogP) is 3.22. The molecule has 2 heterocycles. The minimum atomic E-state index is -0.827. The molecule has 0 bridgehead atoms. The number of fused-ring (bicyclic) bond motifs is 1. The molecule has 146 valence electrons. The lowest BCUT2D eigenvalue weighted by molar-refractivity contribution is -0.139. The second kappa shape index (κ2) is 7.73. The van der Waals surface area contributed by atoms with Crippen LogP contribution in [0, 0.1) is 0 Å². The van der Waals surface area contributed by atoms with Crippen molar-refractivity contribution in [1.82, 2.24) is 15.2 Å². The molecule has 1 aromatic carbocycles. The van der Waals surface area contributed by atoms with Gasteiger partial charge in [-0.25, -0.2) is 4.98 Å². The van der Waals surface area contributed by atoms with E-state index in [1.54, 1.807) is 12.1 Å². The number of hydrogen-bond donors (Lipinski definition) is 2. The highest BCUT2D eigenvalue weighted by Gasteiger charge is 2.35. The molecule has 28 heavy (non-hydrogen) atoms. The molecule has 7 nitrogen and oxygen atoms in total. The minimum Gasteiger partial charge on any atom is -0.480 e. The van der Waals surface area contributed by atoms with Crippen LogP contribution in [0.5, 0.6) is 0 Å². The van der Waals surface area contributed by atoms with E-state index in [4.69, 9.17) is 9.52 Å².